The highest BCUT2D eigenvalue weighted by molar-refractivity contribution is 9.11. The van der Waals surface area contributed by atoms with Crippen molar-refractivity contribution in [3.05, 3.63) is 73.0 Å². The van der Waals surface area contributed by atoms with Gasteiger partial charge in [0.1, 0.15) is 17.9 Å². The average molecular weight is 535 g/mol. The summed E-state index contributed by atoms with van der Waals surface area (Å²) in [5, 5.41) is 3.02. The molecule has 0 saturated carbocycles. The predicted octanol–water partition coefficient (Wildman–Crippen LogP) is 5.15. The van der Waals surface area contributed by atoms with Gasteiger partial charge in [-0.3, -0.25) is 4.79 Å². The van der Waals surface area contributed by atoms with E-state index in [2.05, 4.69) is 37.2 Å². The molecule has 152 valence electrons. The van der Waals surface area contributed by atoms with Crippen LogP contribution in [0.4, 0.5) is 13.2 Å². The fourth-order valence-electron chi connectivity index (χ4n) is 2.51. The molecule has 3 rings (SSSR count). The molecule has 10 heteroatoms. The molecule has 29 heavy (non-hydrogen) atoms. The van der Waals surface area contributed by atoms with E-state index in [1.807, 2.05) is 0 Å². The van der Waals surface area contributed by atoms with Gasteiger partial charge in [0.15, 0.2) is 5.58 Å². The van der Waals surface area contributed by atoms with Crippen LogP contribution < -0.4 is 15.7 Å². The molecule has 1 N–H and O–H groups in total. The molecule has 2 aromatic carbocycles. The first-order valence-corrected chi connectivity index (χ1v) is 9.75. The number of alkyl halides is 3. The van der Waals surface area contributed by atoms with Crippen LogP contribution in [0, 0.1) is 0 Å². The van der Waals surface area contributed by atoms with Gasteiger partial charge in [-0.1, -0.05) is 22.0 Å². The Labute approximate surface area is 179 Å². The number of hydrogen-bond donors (Lipinski definition) is 1. The molecular weight excluding hydrogens is 523 g/mol. The van der Waals surface area contributed by atoms with E-state index in [0.29, 0.717) is 15.4 Å². The van der Waals surface area contributed by atoms with Gasteiger partial charge in [0, 0.05) is 9.86 Å². The first kappa shape index (κ1) is 21.4. The number of amides is 1. The zero-order valence-corrected chi connectivity index (χ0v) is 17.7. The Morgan fingerprint density at radius 3 is 2.62 bits per heavy atom. The fraction of sp³-hybridized carbons (Fsp3) is 0.158. The van der Waals surface area contributed by atoms with Crippen LogP contribution in [0.2, 0.25) is 0 Å². The molecule has 5 nitrogen and oxygen atoms in total. The van der Waals surface area contributed by atoms with Gasteiger partial charge in [0.2, 0.25) is 0 Å². The van der Waals surface area contributed by atoms with Crippen molar-refractivity contribution in [1.82, 2.24) is 5.32 Å². The van der Waals surface area contributed by atoms with Gasteiger partial charge in [-0.2, -0.15) is 13.2 Å². The summed E-state index contributed by atoms with van der Waals surface area (Å²) in [5.74, 6) is -0.654. The summed E-state index contributed by atoms with van der Waals surface area (Å²) < 4.78 is 49.8. The molecule has 0 unspecified atom stereocenters. The zero-order valence-electron chi connectivity index (χ0n) is 14.5. The smallest absolute Gasteiger partial charge is 0.416 e. The van der Waals surface area contributed by atoms with E-state index in [0.717, 1.165) is 16.6 Å². The van der Waals surface area contributed by atoms with Crippen LogP contribution >= 0.6 is 31.9 Å². The lowest BCUT2D eigenvalue weighted by Gasteiger charge is -2.11. The molecule has 0 fully saturated rings. The van der Waals surface area contributed by atoms with Crippen LogP contribution in [-0.2, 0) is 6.18 Å². The minimum atomic E-state index is -4.47. The van der Waals surface area contributed by atoms with Gasteiger partial charge >= 0.3 is 11.8 Å². The largest absolute Gasteiger partial charge is 0.492 e. The quantitative estimate of drug-likeness (QED) is 0.363. The molecule has 3 aromatic rings. The lowest BCUT2D eigenvalue weighted by Crippen LogP contribution is -2.31. The Kier molecular flexibility index (Phi) is 6.33. The van der Waals surface area contributed by atoms with E-state index >= 15 is 0 Å². The van der Waals surface area contributed by atoms with Gasteiger partial charge in [0.05, 0.1) is 16.6 Å². The van der Waals surface area contributed by atoms with Crippen molar-refractivity contribution in [2.24, 2.45) is 0 Å². The molecule has 0 aliphatic heterocycles. The molecule has 0 aliphatic carbocycles. The van der Waals surface area contributed by atoms with Crippen LogP contribution in [0.15, 0.2) is 60.6 Å². The van der Waals surface area contributed by atoms with Gasteiger partial charge < -0.3 is 14.5 Å². The predicted molar refractivity (Wildman–Crippen MR) is 107 cm³/mol. The lowest BCUT2D eigenvalue weighted by molar-refractivity contribution is -0.137. The number of hydrogen-bond acceptors (Lipinski definition) is 4. The van der Waals surface area contributed by atoms with E-state index < -0.39 is 23.3 Å². The second kappa shape index (κ2) is 8.58. The maximum atomic E-state index is 12.7. The number of carbonyl (C=O) groups is 1. The number of benzene rings is 2. The Morgan fingerprint density at radius 1 is 1.14 bits per heavy atom. The highest BCUT2D eigenvalue weighted by atomic mass is 79.9. The van der Waals surface area contributed by atoms with Crippen molar-refractivity contribution in [3.8, 4) is 5.75 Å². The summed E-state index contributed by atoms with van der Waals surface area (Å²) in [6.07, 6.45) is -4.47. The molecule has 0 bridgehead atoms. The van der Waals surface area contributed by atoms with Crippen molar-refractivity contribution < 1.29 is 27.1 Å². The molecule has 0 spiro atoms. The number of ether oxygens (including phenoxy) is 1. The van der Waals surface area contributed by atoms with Gasteiger partial charge in [-0.25, -0.2) is 4.79 Å². The fourth-order valence-corrected chi connectivity index (χ4v) is 3.85. The van der Waals surface area contributed by atoms with Crippen LogP contribution in [0.3, 0.4) is 0 Å². The van der Waals surface area contributed by atoms with Crippen LogP contribution in [0.1, 0.15) is 15.9 Å². The summed E-state index contributed by atoms with van der Waals surface area (Å²) >= 11 is 6.60. The Morgan fingerprint density at radius 2 is 1.90 bits per heavy atom. The van der Waals surface area contributed by atoms with E-state index in [4.69, 9.17) is 9.15 Å². The second-order valence-electron chi connectivity index (χ2n) is 5.88. The summed E-state index contributed by atoms with van der Waals surface area (Å²) in [5.41, 5.74) is -1.52. The number of nitrogens with one attached hydrogen (secondary N) is 1. The molecule has 0 atom stereocenters. The summed E-state index contributed by atoms with van der Waals surface area (Å²) in [7, 11) is 0. The molecule has 1 aromatic heterocycles. The first-order valence-electron chi connectivity index (χ1n) is 8.16. The molecule has 0 saturated heterocycles. The number of fused-ring (bicyclic) bond motifs is 1. The highest BCUT2D eigenvalue weighted by Crippen LogP contribution is 2.31. The molecule has 1 heterocycles. The van der Waals surface area contributed by atoms with E-state index in [-0.39, 0.29) is 24.5 Å². The van der Waals surface area contributed by atoms with Gasteiger partial charge in [0.25, 0.3) is 5.91 Å². The normalized spacial score (nSPS) is 11.5. The van der Waals surface area contributed by atoms with Crippen molar-refractivity contribution >= 4 is 48.7 Å². The molecule has 0 radical (unpaired) electrons. The second-order valence-corrected chi connectivity index (χ2v) is 7.65. The van der Waals surface area contributed by atoms with Gasteiger partial charge in [-0.05, 0) is 52.3 Å². The first-order chi connectivity index (χ1) is 13.6. The van der Waals surface area contributed by atoms with E-state index in [1.54, 1.807) is 12.1 Å². The Balaban J connectivity index is 1.64. The van der Waals surface area contributed by atoms with Crippen molar-refractivity contribution in [2.75, 3.05) is 13.2 Å². The van der Waals surface area contributed by atoms with E-state index in [1.165, 1.54) is 18.2 Å². The van der Waals surface area contributed by atoms with Crippen LogP contribution in [-0.4, -0.2) is 19.1 Å². The topological polar surface area (TPSA) is 68.5 Å². The highest BCUT2D eigenvalue weighted by Gasteiger charge is 2.30. The third kappa shape index (κ3) is 5.18. The van der Waals surface area contributed by atoms with Crippen molar-refractivity contribution in [3.63, 3.8) is 0 Å². The Hall–Kier alpha value is -2.33. The van der Waals surface area contributed by atoms with Gasteiger partial charge in [-0.15, -0.1) is 0 Å². The summed E-state index contributed by atoms with van der Waals surface area (Å²) in [6, 6.07) is 9.21. The third-order valence-corrected chi connectivity index (χ3v) is 4.86. The van der Waals surface area contributed by atoms with Crippen LogP contribution in [0.25, 0.3) is 11.0 Å². The minimum Gasteiger partial charge on any atom is -0.492 e. The maximum absolute atomic E-state index is 12.7. The molecular formula is C19H12Br2F3NO4. The SMILES string of the molecule is O=C(NCCOc1cccc(C(F)(F)F)c1)c1cc2cc(Br)cc(Br)c2oc1=O. The number of halogens is 5. The van der Waals surface area contributed by atoms with Crippen molar-refractivity contribution in [1.29, 1.82) is 0 Å². The molecule has 1 amide bonds. The third-order valence-electron chi connectivity index (χ3n) is 3.81. The zero-order chi connectivity index (χ0) is 21.2. The standard InChI is InChI=1S/C19H12Br2F3NO4/c20-12-6-10-7-14(18(27)29-16(10)15(21)9-12)17(26)25-4-5-28-13-3-1-2-11(8-13)19(22,23)24/h1-3,6-9H,4-5H2,(H,25,26). The monoisotopic (exact) mass is 533 g/mol. The minimum absolute atomic E-state index is 0.0191. The summed E-state index contributed by atoms with van der Waals surface area (Å²) in [4.78, 5) is 24.4. The van der Waals surface area contributed by atoms with Crippen molar-refractivity contribution in [2.45, 2.75) is 6.18 Å². The lowest BCUT2D eigenvalue weighted by atomic mass is 10.2. The van der Waals surface area contributed by atoms with Crippen LogP contribution in [0.5, 0.6) is 5.75 Å². The van der Waals surface area contributed by atoms with E-state index in [9.17, 15) is 22.8 Å². The summed E-state index contributed by atoms with van der Waals surface area (Å²) in [6.45, 7) is -0.0994. The number of carbonyl (C=O) groups excluding carboxylic acids is 1. The number of rotatable bonds is 5. The Bertz CT molecular complexity index is 1130. The maximum Gasteiger partial charge on any atom is 0.416 e. The molecule has 0 aliphatic rings. The average Bonchev–Trinajstić information content (AvgIpc) is 2.65.